The van der Waals surface area contributed by atoms with Gasteiger partial charge in [-0.1, -0.05) is 0 Å². The number of aromatic nitrogens is 1. The maximum absolute atomic E-state index is 13.4. The summed E-state index contributed by atoms with van der Waals surface area (Å²) in [6.45, 7) is 0.577. The number of halogens is 1. The van der Waals surface area contributed by atoms with Crippen molar-refractivity contribution in [2.75, 3.05) is 6.26 Å². The van der Waals surface area contributed by atoms with Crippen LogP contribution in [-0.4, -0.2) is 17.3 Å². The number of ether oxygens (including phenoxy) is 1. The Morgan fingerprint density at radius 3 is 2.76 bits per heavy atom. The van der Waals surface area contributed by atoms with Gasteiger partial charge in [-0.2, -0.15) is 0 Å². The number of nitrogens with one attached hydrogen (secondary N) is 1. The molecule has 2 aromatic rings. The summed E-state index contributed by atoms with van der Waals surface area (Å²) in [6, 6.07) is 9.82. The van der Waals surface area contributed by atoms with Gasteiger partial charge in [0.1, 0.15) is 11.6 Å². The molecule has 1 saturated carbocycles. The summed E-state index contributed by atoms with van der Waals surface area (Å²) in [7, 11) is 0. The second-order valence-electron chi connectivity index (χ2n) is 5.05. The molecule has 0 aliphatic heterocycles. The largest absolute Gasteiger partial charge is 0.439 e. The van der Waals surface area contributed by atoms with Crippen molar-refractivity contribution in [1.82, 2.24) is 10.3 Å². The third-order valence-electron chi connectivity index (χ3n) is 3.32. The second-order valence-corrected chi connectivity index (χ2v) is 5.93. The average molecular weight is 304 g/mol. The van der Waals surface area contributed by atoms with Crippen LogP contribution in [0.25, 0.3) is 0 Å². The van der Waals surface area contributed by atoms with Crippen molar-refractivity contribution in [1.29, 1.82) is 0 Å². The molecule has 1 aliphatic carbocycles. The summed E-state index contributed by atoms with van der Waals surface area (Å²) in [6.07, 6.45) is 5.59. The third-order valence-corrected chi connectivity index (χ3v) is 4.07. The van der Waals surface area contributed by atoms with E-state index in [1.807, 2.05) is 30.5 Å². The van der Waals surface area contributed by atoms with Gasteiger partial charge < -0.3 is 10.1 Å². The van der Waals surface area contributed by atoms with Crippen molar-refractivity contribution in [3.05, 3.63) is 47.9 Å². The van der Waals surface area contributed by atoms with Crippen molar-refractivity contribution in [2.45, 2.75) is 30.3 Å². The highest BCUT2D eigenvalue weighted by Crippen LogP contribution is 2.27. The van der Waals surface area contributed by atoms with Crippen LogP contribution in [0, 0.1) is 5.82 Å². The van der Waals surface area contributed by atoms with Gasteiger partial charge in [0, 0.05) is 23.0 Å². The first-order chi connectivity index (χ1) is 10.2. The van der Waals surface area contributed by atoms with Crippen LogP contribution in [-0.2, 0) is 6.54 Å². The van der Waals surface area contributed by atoms with Crippen LogP contribution in [0.4, 0.5) is 4.39 Å². The Hall–Kier alpha value is -1.59. The Morgan fingerprint density at radius 1 is 1.33 bits per heavy atom. The fourth-order valence-corrected chi connectivity index (χ4v) is 2.39. The summed E-state index contributed by atoms with van der Waals surface area (Å²) in [5.74, 6) is 0.828. The molecule has 0 spiro atoms. The van der Waals surface area contributed by atoms with Gasteiger partial charge in [-0.25, -0.2) is 9.37 Å². The van der Waals surface area contributed by atoms with Gasteiger partial charge in [0.2, 0.25) is 5.88 Å². The zero-order valence-corrected chi connectivity index (χ0v) is 12.6. The molecule has 0 amide bonds. The average Bonchev–Trinajstić information content (AvgIpc) is 3.32. The fourth-order valence-electron chi connectivity index (χ4n) is 1.98. The molecule has 1 aliphatic rings. The van der Waals surface area contributed by atoms with Crippen molar-refractivity contribution in [3.63, 3.8) is 0 Å². The maximum atomic E-state index is 13.4. The molecule has 0 atom stereocenters. The van der Waals surface area contributed by atoms with Gasteiger partial charge in [0.25, 0.3) is 0 Å². The minimum absolute atomic E-state index is 0.340. The Labute approximate surface area is 127 Å². The smallest absolute Gasteiger partial charge is 0.223 e. The van der Waals surface area contributed by atoms with Gasteiger partial charge in [-0.15, -0.1) is 11.8 Å². The quantitative estimate of drug-likeness (QED) is 0.818. The van der Waals surface area contributed by atoms with Gasteiger partial charge in [-0.3, -0.25) is 0 Å². The Bertz CT molecular complexity index is 614. The van der Waals surface area contributed by atoms with Crippen molar-refractivity contribution < 1.29 is 9.13 Å². The van der Waals surface area contributed by atoms with Crippen LogP contribution in [0.5, 0.6) is 11.6 Å². The molecule has 21 heavy (non-hydrogen) atoms. The van der Waals surface area contributed by atoms with Gasteiger partial charge in [0.05, 0.1) is 6.20 Å². The van der Waals surface area contributed by atoms with Crippen molar-refractivity contribution >= 4 is 11.8 Å². The van der Waals surface area contributed by atoms with E-state index < -0.39 is 0 Å². The summed E-state index contributed by atoms with van der Waals surface area (Å²) >= 11 is 1.68. The molecule has 0 bridgehead atoms. The summed E-state index contributed by atoms with van der Waals surface area (Å²) in [5.41, 5.74) is 0.746. The third kappa shape index (κ3) is 3.95. The summed E-state index contributed by atoms with van der Waals surface area (Å²) < 4.78 is 19.2. The van der Waals surface area contributed by atoms with Crippen LogP contribution in [0.2, 0.25) is 0 Å². The number of nitrogens with zero attached hydrogens (tertiary/aromatic N) is 1. The molecule has 5 heteroatoms. The van der Waals surface area contributed by atoms with Gasteiger partial charge in [0.15, 0.2) is 0 Å². The Kier molecular flexibility index (Phi) is 4.41. The number of hydrogen-bond donors (Lipinski definition) is 1. The molecular formula is C16H17FN2OS. The lowest BCUT2D eigenvalue weighted by Crippen LogP contribution is -2.16. The second kappa shape index (κ2) is 6.45. The molecule has 1 aromatic heterocycles. The van der Waals surface area contributed by atoms with Crippen LogP contribution >= 0.6 is 11.8 Å². The van der Waals surface area contributed by atoms with E-state index in [1.165, 1.54) is 30.0 Å². The molecule has 1 N–H and O–H groups in total. The molecule has 0 radical (unpaired) electrons. The fraction of sp³-hybridized carbons (Fsp3) is 0.312. The van der Waals surface area contributed by atoms with E-state index in [0.717, 1.165) is 5.56 Å². The highest BCUT2D eigenvalue weighted by atomic mass is 32.2. The van der Waals surface area contributed by atoms with E-state index >= 15 is 0 Å². The lowest BCUT2D eigenvalue weighted by atomic mass is 10.2. The molecule has 110 valence electrons. The predicted molar refractivity (Wildman–Crippen MR) is 82.4 cm³/mol. The first kappa shape index (κ1) is 14.4. The number of benzene rings is 1. The maximum Gasteiger partial charge on any atom is 0.223 e. The molecule has 0 unspecified atom stereocenters. The SMILES string of the molecule is CSc1ccc(Oc2ncc(F)cc2CNC2CC2)cc1. The number of hydrogen-bond acceptors (Lipinski definition) is 4. The summed E-state index contributed by atoms with van der Waals surface area (Å²) in [5, 5.41) is 3.35. The molecule has 3 nitrogen and oxygen atoms in total. The Balaban J connectivity index is 1.75. The van der Waals surface area contributed by atoms with E-state index in [2.05, 4.69) is 10.3 Å². The number of thioether (sulfide) groups is 1. The highest BCUT2D eigenvalue weighted by molar-refractivity contribution is 7.98. The number of pyridine rings is 1. The topological polar surface area (TPSA) is 34.1 Å². The lowest BCUT2D eigenvalue weighted by molar-refractivity contribution is 0.448. The first-order valence-corrected chi connectivity index (χ1v) is 8.17. The van der Waals surface area contributed by atoms with Gasteiger partial charge >= 0.3 is 0 Å². The van der Waals surface area contributed by atoms with Crippen molar-refractivity contribution in [2.24, 2.45) is 0 Å². The molecule has 0 saturated heterocycles. The van der Waals surface area contributed by atoms with Crippen LogP contribution in [0.3, 0.4) is 0 Å². The van der Waals surface area contributed by atoms with E-state index in [9.17, 15) is 4.39 Å². The van der Waals surface area contributed by atoms with E-state index in [0.29, 0.717) is 24.2 Å². The normalized spacial score (nSPS) is 14.2. The lowest BCUT2D eigenvalue weighted by Gasteiger charge is -2.11. The zero-order valence-electron chi connectivity index (χ0n) is 11.8. The Morgan fingerprint density at radius 2 is 2.10 bits per heavy atom. The molecule has 1 heterocycles. The molecule has 1 aromatic carbocycles. The monoisotopic (exact) mass is 304 g/mol. The molecular weight excluding hydrogens is 287 g/mol. The van der Waals surface area contributed by atoms with E-state index in [4.69, 9.17) is 4.74 Å². The minimum Gasteiger partial charge on any atom is -0.439 e. The first-order valence-electron chi connectivity index (χ1n) is 6.94. The molecule has 1 fully saturated rings. The number of rotatable bonds is 6. The minimum atomic E-state index is -0.340. The van der Waals surface area contributed by atoms with Crippen LogP contribution < -0.4 is 10.1 Å². The highest BCUT2D eigenvalue weighted by Gasteiger charge is 2.21. The standard InChI is InChI=1S/C16H17FN2OS/c1-21-15-6-4-14(5-7-15)20-16-11(8-12(17)10-19-16)9-18-13-2-3-13/h4-8,10,13,18H,2-3,9H2,1H3. The summed E-state index contributed by atoms with van der Waals surface area (Å²) in [4.78, 5) is 5.24. The van der Waals surface area contributed by atoms with E-state index in [1.54, 1.807) is 11.8 Å². The van der Waals surface area contributed by atoms with Crippen molar-refractivity contribution in [3.8, 4) is 11.6 Å². The van der Waals surface area contributed by atoms with E-state index in [-0.39, 0.29) is 5.82 Å². The van der Waals surface area contributed by atoms with Gasteiger partial charge in [-0.05, 0) is 49.4 Å². The van der Waals surface area contributed by atoms with Crippen LogP contribution in [0.15, 0.2) is 41.4 Å². The molecule has 3 rings (SSSR count). The zero-order chi connectivity index (χ0) is 14.7. The predicted octanol–water partition coefficient (Wildman–Crippen LogP) is 3.99. The van der Waals surface area contributed by atoms with Crippen LogP contribution in [0.1, 0.15) is 18.4 Å².